The molecule has 0 amide bonds. The Hall–Kier alpha value is 0.270. The first kappa shape index (κ1) is 8.85. The Morgan fingerprint density at radius 3 is 2.75 bits per heavy atom. The maximum absolute atomic E-state index is 5.83. The van der Waals surface area contributed by atoms with Crippen molar-refractivity contribution in [2.75, 3.05) is 31.1 Å². The molecule has 2 N–H and O–H groups in total. The normalized spacial score (nSPS) is 32.2. The molecule has 0 aliphatic carbocycles. The lowest BCUT2D eigenvalue weighted by Gasteiger charge is -2.26. The van der Waals surface area contributed by atoms with E-state index < -0.39 is 0 Å². The van der Waals surface area contributed by atoms with Gasteiger partial charge in [-0.1, -0.05) is 0 Å². The van der Waals surface area contributed by atoms with Gasteiger partial charge in [0.05, 0.1) is 0 Å². The van der Waals surface area contributed by atoms with Gasteiger partial charge in [-0.3, -0.25) is 0 Å². The smallest absolute Gasteiger partial charge is 0.0180 e. The first-order valence-corrected chi connectivity index (χ1v) is 6.06. The van der Waals surface area contributed by atoms with Crippen molar-refractivity contribution >= 4 is 11.8 Å². The second-order valence-corrected chi connectivity index (χ2v) is 5.12. The molecule has 2 saturated heterocycles. The molecule has 3 heteroatoms. The standard InChI is InChI=1S/C9H18N2S/c10-9-2-4-11(5-9)3-1-8-6-12-7-8/h8-9H,1-7,10H2. The zero-order chi connectivity index (χ0) is 8.39. The molecule has 1 atom stereocenters. The second-order valence-electron chi connectivity index (χ2n) is 4.04. The summed E-state index contributed by atoms with van der Waals surface area (Å²) >= 11 is 2.08. The van der Waals surface area contributed by atoms with Crippen molar-refractivity contribution in [3.05, 3.63) is 0 Å². The number of rotatable bonds is 3. The minimum atomic E-state index is 0.459. The maximum atomic E-state index is 5.83. The summed E-state index contributed by atoms with van der Waals surface area (Å²) in [6, 6.07) is 0.459. The van der Waals surface area contributed by atoms with Crippen molar-refractivity contribution < 1.29 is 0 Å². The molecule has 0 aromatic rings. The molecule has 0 aromatic heterocycles. The van der Waals surface area contributed by atoms with E-state index in [0.29, 0.717) is 6.04 Å². The fraction of sp³-hybridized carbons (Fsp3) is 1.00. The van der Waals surface area contributed by atoms with E-state index in [9.17, 15) is 0 Å². The first-order chi connectivity index (χ1) is 5.84. The molecule has 0 spiro atoms. The number of thioether (sulfide) groups is 1. The van der Waals surface area contributed by atoms with Gasteiger partial charge in [-0.2, -0.15) is 11.8 Å². The maximum Gasteiger partial charge on any atom is 0.0180 e. The van der Waals surface area contributed by atoms with Crippen molar-refractivity contribution in [2.45, 2.75) is 18.9 Å². The average Bonchev–Trinajstić information content (AvgIpc) is 2.32. The predicted molar refractivity (Wildman–Crippen MR) is 54.5 cm³/mol. The van der Waals surface area contributed by atoms with Gasteiger partial charge in [0, 0.05) is 12.6 Å². The van der Waals surface area contributed by atoms with Gasteiger partial charge in [0.25, 0.3) is 0 Å². The molecule has 0 saturated carbocycles. The fourth-order valence-corrected chi connectivity index (χ4v) is 2.78. The SMILES string of the molecule is NC1CCN(CCC2CSC2)C1. The van der Waals surface area contributed by atoms with Crippen LogP contribution in [0.2, 0.25) is 0 Å². The molecule has 0 radical (unpaired) electrons. The van der Waals surface area contributed by atoms with Crippen LogP contribution in [-0.2, 0) is 0 Å². The molecule has 2 nitrogen and oxygen atoms in total. The molecule has 2 heterocycles. The number of hydrogen-bond acceptors (Lipinski definition) is 3. The molecule has 2 aliphatic rings. The highest BCUT2D eigenvalue weighted by atomic mass is 32.2. The first-order valence-electron chi connectivity index (χ1n) is 4.90. The summed E-state index contributed by atoms with van der Waals surface area (Å²) in [6.07, 6.45) is 2.61. The summed E-state index contributed by atoms with van der Waals surface area (Å²) in [5.41, 5.74) is 5.83. The van der Waals surface area contributed by atoms with Crippen molar-refractivity contribution in [3.63, 3.8) is 0 Å². The Morgan fingerprint density at radius 2 is 2.25 bits per heavy atom. The van der Waals surface area contributed by atoms with Crippen LogP contribution in [0.15, 0.2) is 0 Å². The van der Waals surface area contributed by atoms with Crippen LogP contribution in [0.4, 0.5) is 0 Å². The molecule has 0 bridgehead atoms. The van der Waals surface area contributed by atoms with E-state index in [4.69, 9.17) is 5.73 Å². The van der Waals surface area contributed by atoms with Gasteiger partial charge in [-0.15, -0.1) is 0 Å². The minimum Gasteiger partial charge on any atom is -0.326 e. The summed E-state index contributed by atoms with van der Waals surface area (Å²) in [7, 11) is 0. The van der Waals surface area contributed by atoms with E-state index in [2.05, 4.69) is 16.7 Å². The third kappa shape index (κ3) is 2.15. The van der Waals surface area contributed by atoms with Crippen LogP contribution in [0.3, 0.4) is 0 Å². The number of hydrogen-bond donors (Lipinski definition) is 1. The molecule has 0 aromatic carbocycles. The highest BCUT2D eigenvalue weighted by molar-refractivity contribution is 8.00. The molecule has 70 valence electrons. The molecule has 2 rings (SSSR count). The second kappa shape index (κ2) is 3.99. The fourth-order valence-electron chi connectivity index (χ4n) is 1.88. The number of nitrogens with zero attached hydrogens (tertiary/aromatic N) is 1. The summed E-state index contributed by atoms with van der Waals surface area (Å²) in [6.45, 7) is 3.67. The Morgan fingerprint density at radius 1 is 1.42 bits per heavy atom. The number of nitrogens with two attached hydrogens (primary N) is 1. The largest absolute Gasteiger partial charge is 0.326 e. The Kier molecular flexibility index (Phi) is 2.94. The van der Waals surface area contributed by atoms with Gasteiger partial charge in [0.1, 0.15) is 0 Å². The quantitative estimate of drug-likeness (QED) is 0.706. The van der Waals surface area contributed by atoms with Crippen LogP contribution in [0.1, 0.15) is 12.8 Å². The van der Waals surface area contributed by atoms with Gasteiger partial charge in [-0.05, 0) is 43.4 Å². The number of likely N-dealkylation sites (tertiary alicyclic amines) is 1. The molecular weight excluding hydrogens is 168 g/mol. The summed E-state index contributed by atoms with van der Waals surface area (Å²) < 4.78 is 0. The van der Waals surface area contributed by atoms with E-state index in [1.54, 1.807) is 0 Å². The van der Waals surface area contributed by atoms with E-state index in [0.717, 1.165) is 12.5 Å². The molecule has 12 heavy (non-hydrogen) atoms. The zero-order valence-electron chi connectivity index (χ0n) is 7.54. The van der Waals surface area contributed by atoms with Crippen LogP contribution in [-0.4, -0.2) is 42.1 Å². The van der Waals surface area contributed by atoms with Crippen LogP contribution in [0.25, 0.3) is 0 Å². The topological polar surface area (TPSA) is 29.3 Å². The van der Waals surface area contributed by atoms with Gasteiger partial charge >= 0.3 is 0 Å². The lowest BCUT2D eigenvalue weighted by molar-refractivity contribution is 0.309. The Balaban J connectivity index is 1.60. The Bertz CT molecular complexity index is 147. The Labute approximate surface area is 78.9 Å². The molecular formula is C9H18N2S. The van der Waals surface area contributed by atoms with Crippen LogP contribution in [0.5, 0.6) is 0 Å². The lowest BCUT2D eigenvalue weighted by atomic mass is 10.1. The van der Waals surface area contributed by atoms with Crippen LogP contribution >= 0.6 is 11.8 Å². The van der Waals surface area contributed by atoms with Gasteiger partial charge in [-0.25, -0.2) is 0 Å². The predicted octanol–water partition coefficient (Wildman–Crippen LogP) is 0.772. The zero-order valence-corrected chi connectivity index (χ0v) is 8.35. The van der Waals surface area contributed by atoms with Gasteiger partial charge in [0.2, 0.25) is 0 Å². The summed E-state index contributed by atoms with van der Waals surface area (Å²) in [5.74, 6) is 3.83. The molecule has 1 unspecified atom stereocenters. The summed E-state index contributed by atoms with van der Waals surface area (Å²) in [5, 5.41) is 0. The summed E-state index contributed by atoms with van der Waals surface area (Å²) in [4.78, 5) is 2.52. The highest BCUT2D eigenvalue weighted by Gasteiger charge is 2.22. The minimum absolute atomic E-state index is 0.459. The van der Waals surface area contributed by atoms with E-state index >= 15 is 0 Å². The van der Waals surface area contributed by atoms with E-state index in [1.807, 2.05) is 0 Å². The lowest BCUT2D eigenvalue weighted by Crippen LogP contribution is -2.30. The van der Waals surface area contributed by atoms with E-state index in [-0.39, 0.29) is 0 Å². The third-order valence-corrected chi connectivity index (χ3v) is 4.28. The van der Waals surface area contributed by atoms with Crippen LogP contribution < -0.4 is 5.73 Å². The molecule has 2 aliphatic heterocycles. The average molecular weight is 186 g/mol. The molecule has 2 fully saturated rings. The van der Waals surface area contributed by atoms with Gasteiger partial charge < -0.3 is 10.6 Å². The van der Waals surface area contributed by atoms with Crippen molar-refractivity contribution in [2.24, 2.45) is 11.7 Å². The van der Waals surface area contributed by atoms with Crippen LogP contribution in [0, 0.1) is 5.92 Å². The highest BCUT2D eigenvalue weighted by Crippen LogP contribution is 2.27. The van der Waals surface area contributed by atoms with E-state index in [1.165, 1.54) is 37.4 Å². The van der Waals surface area contributed by atoms with Crippen molar-refractivity contribution in [1.82, 2.24) is 4.90 Å². The van der Waals surface area contributed by atoms with Crippen molar-refractivity contribution in [1.29, 1.82) is 0 Å². The van der Waals surface area contributed by atoms with Gasteiger partial charge in [0.15, 0.2) is 0 Å². The third-order valence-electron chi connectivity index (χ3n) is 2.87. The monoisotopic (exact) mass is 186 g/mol. The van der Waals surface area contributed by atoms with Crippen molar-refractivity contribution in [3.8, 4) is 0 Å².